The van der Waals surface area contributed by atoms with E-state index in [9.17, 15) is 18.0 Å². The molecule has 1 atom stereocenters. The first-order valence-corrected chi connectivity index (χ1v) is 11.1. The van der Waals surface area contributed by atoms with Crippen molar-refractivity contribution in [2.75, 3.05) is 32.7 Å². The lowest BCUT2D eigenvalue weighted by Crippen LogP contribution is -2.49. The van der Waals surface area contributed by atoms with Crippen molar-refractivity contribution in [3.63, 3.8) is 0 Å². The van der Waals surface area contributed by atoms with E-state index in [2.05, 4.69) is 29.6 Å². The van der Waals surface area contributed by atoms with Crippen molar-refractivity contribution in [3.8, 4) is 0 Å². The first-order valence-electron chi connectivity index (χ1n) is 10.5. The van der Waals surface area contributed by atoms with Gasteiger partial charge in [-0.05, 0) is 48.4 Å². The minimum Gasteiger partial charge on any atom is -0.337 e. The predicted molar refractivity (Wildman–Crippen MR) is 126 cm³/mol. The molecule has 1 N–H and O–H groups in total. The number of carbonyl (C=O) groups excluding carboxylic acids is 1. The molecule has 34 heavy (non-hydrogen) atoms. The molecule has 1 aromatic heterocycles. The number of nitrogens with zero attached hydrogens (tertiary/aromatic N) is 7. The third-order valence-corrected chi connectivity index (χ3v) is 5.24. The Bertz CT molecular complexity index is 1100. The molecule has 13 heteroatoms. The standard InChI is InChI=1S/C21H26F3N8OP/c1-14-27-29-32(28-14)12-17-11-18(21(22,23)24)5-3-16(17)4-6-20(33)31-9-7-30(8-10-31)13-19(25)26-15(2)34/h3-6,11,25H,7-10,12-13,34H2,1-2H3/b6-4+,25-19?,26-15-. The van der Waals surface area contributed by atoms with Crippen LogP contribution in [0.4, 0.5) is 13.2 Å². The largest absolute Gasteiger partial charge is 0.416 e. The summed E-state index contributed by atoms with van der Waals surface area (Å²) in [5, 5.41) is 19.5. The number of piperazine rings is 1. The van der Waals surface area contributed by atoms with Crippen LogP contribution in [0.3, 0.4) is 0 Å². The summed E-state index contributed by atoms with van der Waals surface area (Å²) in [5.74, 6) is 0.442. The van der Waals surface area contributed by atoms with Gasteiger partial charge in [-0.15, -0.1) is 10.2 Å². The Kier molecular flexibility index (Phi) is 8.27. The van der Waals surface area contributed by atoms with E-state index in [0.717, 1.165) is 17.6 Å². The number of aryl methyl sites for hydroxylation is 1. The number of tetrazole rings is 1. The summed E-state index contributed by atoms with van der Waals surface area (Å²) in [7, 11) is 2.45. The number of hydrogen-bond donors (Lipinski definition) is 1. The average molecular weight is 494 g/mol. The average Bonchev–Trinajstić information content (AvgIpc) is 3.16. The molecule has 182 valence electrons. The number of amides is 1. The van der Waals surface area contributed by atoms with Gasteiger partial charge in [0, 0.05) is 37.7 Å². The van der Waals surface area contributed by atoms with Crippen molar-refractivity contribution in [2.45, 2.75) is 26.6 Å². The van der Waals surface area contributed by atoms with E-state index in [0.29, 0.717) is 49.7 Å². The number of nitrogens with one attached hydrogen (secondary N) is 1. The van der Waals surface area contributed by atoms with Crippen LogP contribution in [0.5, 0.6) is 0 Å². The van der Waals surface area contributed by atoms with E-state index in [4.69, 9.17) is 5.41 Å². The topological polar surface area (TPSA) is 103 Å². The zero-order valence-corrected chi connectivity index (χ0v) is 20.0. The summed E-state index contributed by atoms with van der Waals surface area (Å²) in [5.41, 5.74) is 0.741. The molecule has 2 aromatic rings. The Hall–Kier alpha value is -2.98. The molecule has 1 fully saturated rings. The number of aliphatic imine (C=N–C) groups is 1. The van der Waals surface area contributed by atoms with Crippen LogP contribution in [0.1, 0.15) is 29.4 Å². The zero-order valence-electron chi connectivity index (χ0n) is 18.9. The number of hydrogen-bond acceptors (Lipinski definition) is 6. The first kappa shape index (κ1) is 25.6. The van der Waals surface area contributed by atoms with Crippen LogP contribution < -0.4 is 0 Å². The van der Waals surface area contributed by atoms with Crippen molar-refractivity contribution in [2.24, 2.45) is 4.99 Å². The number of carbonyl (C=O) groups is 1. The molecule has 0 saturated carbocycles. The molecule has 0 spiro atoms. The van der Waals surface area contributed by atoms with Gasteiger partial charge in [-0.3, -0.25) is 15.1 Å². The van der Waals surface area contributed by atoms with Crippen molar-refractivity contribution in [1.29, 1.82) is 5.41 Å². The van der Waals surface area contributed by atoms with Crippen LogP contribution in [0.25, 0.3) is 6.08 Å². The molecule has 3 rings (SSSR count). The summed E-state index contributed by atoms with van der Waals surface area (Å²) >= 11 is 0. The smallest absolute Gasteiger partial charge is 0.337 e. The second-order valence-corrected chi connectivity index (χ2v) is 8.75. The fourth-order valence-electron chi connectivity index (χ4n) is 3.48. The number of alkyl halides is 3. The SMILES string of the molecule is C/C(P)=N/C(=N)CN1CCN(C(=O)/C=C/c2ccc(C(F)(F)F)cc2Cn2nnc(C)n2)CC1. The van der Waals surface area contributed by atoms with Crippen molar-refractivity contribution in [1.82, 2.24) is 30.0 Å². The molecule has 0 aliphatic carbocycles. The van der Waals surface area contributed by atoms with Gasteiger partial charge in [0.05, 0.1) is 18.7 Å². The van der Waals surface area contributed by atoms with Crippen LogP contribution in [-0.4, -0.2) is 79.9 Å². The van der Waals surface area contributed by atoms with Crippen molar-refractivity contribution >= 4 is 32.5 Å². The summed E-state index contributed by atoms with van der Waals surface area (Å²) in [6.07, 6.45) is -1.61. The van der Waals surface area contributed by atoms with Gasteiger partial charge >= 0.3 is 6.18 Å². The third-order valence-electron chi connectivity index (χ3n) is 5.11. The van der Waals surface area contributed by atoms with Crippen molar-refractivity contribution in [3.05, 3.63) is 46.8 Å². The van der Waals surface area contributed by atoms with E-state index in [1.165, 1.54) is 23.0 Å². The highest BCUT2D eigenvalue weighted by atomic mass is 31.0. The zero-order chi connectivity index (χ0) is 24.9. The minimum atomic E-state index is -4.49. The number of benzene rings is 1. The molecule has 1 amide bonds. The lowest BCUT2D eigenvalue weighted by Gasteiger charge is -2.33. The van der Waals surface area contributed by atoms with E-state index < -0.39 is 11.7 Å². The number of rotatable bonds is 6. The Morgan fingerprint density at radius 1 is 1.26 bits per heavy atom. The molecule has 1 aromatic carbocycles. The molecular formula is C21H26F3N8OP. The number of halogens is 3. The van der Waals surface area contributed by atoms with Crippen molar-refractivity contribution < 1.29 is 18.0 Å². The van der Waals surface area contributed by atoms with Gasteiger partial charge in [0.15, 0.2) is 5.82 Å². The molecule has 0 radical (unpaired) electrons. The highest BCUT2D eigenvalue weighted by molar-refractivity contribution is 7.40. The first-order chi connectivity index (χ1) is 16.0. The van der Waals surface area contributed by atoms with Gasteiger partial charge in [0.1, 0.15) is 5.84 Å². The summed E-state index contributed by atoms with van der Waals surface area (Å²) in [6.45, 7) is 6.02. The van der Waals surface area contributed by atoms with E-state index in [-0.39, 0.29) is 18.3 Å². The molecule has 0 bridgehead atoms. The fourth-order valence-corrected chi connectivity index (χ4v) is 3.63. The van der Waals surface area contributed by atoms with Crippen LogP contribution in [0, 0.1) is 12.3 Å². The Balaban J connectivity index is 1.67. The maximum absolute atomic E-state index is 13.2. The number of amidine groups is 1. The lowest BCUT2D eigenvalue weighted by atomic mass is 10.0. The Morgan fingerprint density at radius 2 is 1.97 bits per heavy atom. The second kappa shape index (κ2) is 11.0. The molecule has 1 saturated heterocycles. The Labute approximate surface area is 197 Å². The molecule has 1 unspecified atom stereocenters. The van der Waals surface area contributed by atoms with E-state index in [1.54, 1.807) is 18.7 Å². The third kappa shape index (κ3) is 7.26. The molecular weight excluding hydrogens is 468 g/mol. The predicted octanol–water partition coefficient (Wildman–Crippen LogP) is 2.48. The van der Waals surface area contributed by atoms with E-state index in [1.807, 2.05) is 4.90 Å². The summed E-state index contributed by atoms with van der Waals surface area (Å²) < 4.78 is 39.7. The van der Waals surface area contributed by atoms with Gasteiger partial charge in [0.25, 0.3) is 0 Å². The highest BCUT2D eigenvalue weighted by Crippen LogP contribution is 2.31. The fraction of sp³-hybridized carbons (Fsp3) is 0.429. The summed E-state index contributed by atoms with van der Waals surface area (Å²) in [6, 6.07) is 3.36. The molecule has 9 nitrogen and oxygen atoms in total. The van der Waals surface area contributed by atoms with Crippen LogP contribution in [-0.2, 0) is 17.5 Å². The lowest BCUT2D eigenvalue weighted by molar-refractivity contribution is -0.137. The van der Waals surface area contributed by atoms with E-state index >= 15 is 0 Å². The maximum Gasteiger partial charge on any atom is 0.416 e. The summed E-state index contributed by atoms with van der Waals surface area (Å²) in [4.78, 5) is 21.7. The van der Waals surface area contributed by atoms with Crippen LogP contribution in [0.2, 0.25) is 0 Å². The maximum atomic E-state index is 13.2. The van der Waals surface area contributed by atoms with Gasteiger partial charge in [-0.25, -0.2) is 4.99 Å². The van der Waals surface area contributed by atoms with Crippen LogP contribution >= 0.6 is 9.24 Å². The van der Waals surface area contributed by atoms with Gasteiger partial charge in [-0.1, -0.05) is 15.3 Å². The number of aromatic nitrogens is 4. The minimum absolute atomic E-state index is 0.0124. The van der Waals surface area contributed by atoms with Gasteiger partial charge in [-0.2, -0.15) is 18.0 Å². The monoisotopic (exact) mass is 494 g/mol. The normalized spacial score (nSPS) is 15.8. The van der Waals surface area contributed by atoms with Gasteiger partial charge in [0.2, 0.25) is 5.91 Å². The molecule has 2 heterocycles. The quantitative estimate of drug-likeness (QED) is 0.288. The Morgan fingerprint density at radius 3 is 2.56 bits per heavy atom. The molecule has 1 aliphatic heterocycles. The van der Waals surface area contributed by atoms with Crippen LogP contribution in [0.15, 0.2) is 29.3 Å². The highest BCUT2D eigenvalue weighted by Gasteiger charge is 2.31. The second-order valence-electron chi connectivity index (χ2n) is 7.91. The van der Waals surface area contributed by atoms with Gasteiger partial charge < -0.3 is 4.90 Å². The molecule has 1 aliphatic rings.